The maximum atomic E-state index is 10.9. The third-order valence-corrected chi connectivity index (χ3v) is 2.13. The summed E-state index contributed by atoms with van der Waals surface area (Å²) < 4.78 is 0. The van der Waals surface area contributed by atoms with E-state index in [4.69, 9.17) is 5.73 Å². The highest BCUT2D eigenvalue weighted by atomic mass is 16.1. The third kappa shape index (κ3) is 1.93. The lowest BCUT2D eigenvalue weighted by Crippen LogP contribution is -2.47. The molecule has 2 N–H and O–H groups in total. The Balaban J connectivity index is 2.51. The van der Waals surface area contributed by atoms with E-state index in [0.717, 1.165) is 25.9 Å². The second-order valence-electron chi connectivity index (χ2n) is 2.85. The zero-order valence-corrected chi connectivity index (χ0v) is 6.92. The summed E-state index contributed by atoms with van der Waals surface area (Å²) in [5.74, 6) is -0.216. The molecule has 1 aliphatic rings. The van der Waals surface area contributed by atoms with E-state index in [0.29, 0.717) is 0 Å². The molecule has 63 valence electrons. The van der Waals surface area contributed by atoms with Gasteiger partial charge in [0.25, 0.3) is 0 Å². The van der Waals surface area contributed by atoms with E-state index in [1.54, 1.807) is 0 Å². The van der Waals surface area contributed by atoms with Gasteiger partial charge in [0.15, 0.2) is 0 Å². The van der Waals surface area contributed by atoms with Crippen molar-refractivity contribution >= 4 is 5.91 Å². The van der Waals surface area contributed by atoms with E-state index in [2.05, 4.69) is 11.8 Å². The summed E-state index contributed by atoms with van der Waals surface area (Å²) in [6, 6.07) is -0.117. The molecule has 0 aliphatic carbocycles. The molecule has 1 amide bonds. The quantitative estimate of drug-likeness (QED) is 0.617. The maximum absolute atomic E-state index is 10.9. The Kier molecular flexibility index (Phi) is 2.88. The van der Waals surface area contributed by atoms with Gasteiger partial charge >= 0.3 is 0 Å². The normalized spacial score (nSPS) is 26.8. The van der Waals surface area contributed by atoms with Gasteiger partial charge in [0, 0.05) is 0 Å². The number of hydrogen-bond acceptors (Lipinski definition) is 2. The van der Waals surface area contributed by atoms with Gasteiger partial charge in [0.1, 0.15) is 0 Å². The van der Waals surface area contributed by atoms with Crippen molar-refractivity contribution in [3.63, 3.8) is 0 Å². The van der Waals surface area contributed by atoms with E-state index in [1.807, 2.05) is 6.42 Å². The van der Waals surface area contributed by atoms with Gasteiger partial charge in [-0.05, 0) is 32.4 Å². The van der Waals surface area contributed by atoms with Crippen LogP contribution in [-0.2, 0) is 4.79 Å². The molecular formula is C8H15N2O. The topological polar surface area (TPSA) is 46.3 Å². The van der Waals surface area contributed by atoms with Gasteiger partial charge in [-0.15, -0.1) is 0 Å². The summed E-state index contributed by atoms with van der Waals surface area (Å²) in [6.45, 7) is 3.96. The highest BCUT2D eigenvalue weighted by Crippen LogP contribution is 2.14. The summed E-state index contributed by atoms with van der Waals surface area (Å²) in [6.07, 6.45) is 4.18. The number of amides is 1. The van der Waals surface area contributed by atoms with E-state index in [-0.39, 0.29) is 11.9 Å². The van der Waals surface area contributed by atoms with Crippen LogP contribution in [-0.4, -0.2) is 29.9 Å². The summed E-state index contributed by atoms with van der Waals surface area (Å²) in [7, 11) is 0. The van der Waals surface area contributed by atoms with Gasteiger partial charge in [0.2, 0.25) is 5.91 Å². The number of carbonyl (C=O) groups excluding carboxylic acids is 1. The van der Waals surface area contributed by atoms with Crippen LogP contribution in [0.5, 0.6) is 0 Å². The fourth-order valence-corrected chi connectivity index (χ4v) is 1.51. The standard InChI is InChI=1S/C8H15N2O/c1-2-10-6-4-3-5-7(10)8(9)11/h5,7H,2-4,6H2,1H3,(H2,9,11)/t7-/m1/s1. The van der Waals surface area contributed by atoms with Crippen LogP contribution in [0.1, 0.15) is 19.8 Å². The smallest absolute Gasteiger partial charge is 0.235 e. The molecule has 1 atom stereocenters. The zero-order chi connectivity index (χ0) is 8.27. The van der Waals surface area contributed by atoms with Gasteiger partial charge in [-0.2, -0.15) is 0 Å². The van der Waals surface area contributed by atoms with Crippen LogP contribution in [0.2, 0.25) is 0 Å². The molecule has 0 spiro atoms. The second kappa shape index (κ2) is 3.72. The summed E-state index contributed by atoms with van der Waals surface area (Å²) in [5, 5.41) is 0. The molecule has 1 aliphatic heterocycles. The molecule has 1 saturated heterocycles. The molecule has 1 heterocycles. The summed E-state index contributed by atoms with van der Waals surface area (Å²) >= 11 is 0. The lowest BCUT2D eigenvalue weighted by Gasteiger charge is -2.32. The van der Waals surface area contributed by atoms with Crippen LogP contribution < -0.4 is 5.73 Å². The van der Waals surface area contributed by atoms with Crippen LogP contribution in [0.15, 0.2) is 0 Å². The fourth-order valence-electron chi connectivity index (χ4n) is 1.51. The molecule has 1 fully saturated rings. The number of piperidine rings is 1. The zero-order valence-electron chi connectivity index (χ0n) is 6.92. The van der Waals surface area contributed by atoms with Crippen molar-refractivity contribution in [3.8, 4) is 0 Å². The fraction of sp³-hybridized carbons (Fsp3) is 0.750. The molecule has 0 bridgehead atoms. The Hall–Kier alpha value is -0.570. The Morgan fingerprint density at radius 2 is 2.55 bits per heavy atom. The first kappa shape index (κ1) is 8.53. The number of hydrogen-bond donors (Lipinski definition) is 1. The number of likely N-dealkylation sites (tertiary alicyclic amines) is 1. The van der Waals surface area contributed by atoms with Crippen molar-refractivity contribution in [1.82, 2.24) is 4.90 Å². The highest BCUT2D eigenvalue weighted by molar-refractivity contribution is 5.81. The molecule has 0 aromatic carbocycles. The molecule has 3 heteroatoms. The number of rotatable bonds is 2. The van der Waals surface area contributed by atoms with Gasteiger partial charge in [-0.1, -0.05) is 6.92 Å². The first-order valence-electron chi connectivity index (χ1n) is 4.12. The predicted molar refractivity (Wildman–Crippen MR) is 43.8 cm³/mol. The van der Waals surface area contributed by atoms with Crippen molar-refractivity contribution in [3.05, 3.63) is 6.42 Å². The third-order valence-electron chi connectivity index (χ3n) is 2.13. The largest absolute Gasteiger partial charge is 0.368 e. The lowest BCUT2D eigenvalue weighted by molar-refractivity contribution is -0.122. The molecule has 3 nitrogen and oxygen atoms in total. The Bertz CT molecular complexity index is 147. The van der Waals surface area contributed by atoms with E-state index in [1.165, 1.54) is 0 Å². The number of nitrogens with zero attached hydrogens (tertiary/aromatic N) is 1. The van der Waals surface area contributed by atoms with Crippen LogP contribution in [0.4, 0.5) is 0 Å². The minimum absolute atomic E-state index is 0.117. The number of likely N-dealkylation sites (N-methyl/N-ethyl adjacent to an activating group) is 1. The van der Waals surface area contributed by atoms with Gasteiger partial charge < -0.3 is 5.73 Å². The van der Waals surface area contributed by atoms with Gasteiger partial charge in [-0.3, -0.25) is 9.69 Å². The van der Waals surface area contributed by atoms with Crippen molar-refractivity contribution in [2.24, 2.45) is 5.73 Å². The van der Waals surface area contributed by atoms with Crippen LogP contribution in [0, 0.1) is 6.42 Å². The Morgan fingerprint density at radius 1 is 1.82 bits per heavy atom. The SMILES string of the molecule is CCN1CCC[CH][C@@H]1C(N)=O. The maximum Gasteiger partial charge on any atom is 0.235 e. The Labute approximate surface area is 67.5 Å². The molecule has 0 aromatic rings. The molecule has 0 saturated carbocycles. The lowest BCUT2D eigenvalue weighted by atomic mass is 10.0. The van der Waals surface area contributed by atoms with E-state index >= 15 is 0 Å². The highest BCUT2D eigenvalue weighted by Gasteiger charge is 2.25. The average molecular weight is 155 g/mol. The first-order valence-corrected chi connectivity index (χ1v) is 4.12. The number of nitrogens with two attached hydrogens (primary N) is 1. The van der Waals surface area contributed by atoms with Gasteiger partial charge in [0.05, 0.1) is 6.04 Å². The molecule has 1 rings (SSSR count). The minimum Gasteiger partial charge on any atom is -0.368 e. The van der Waals surface area contributed by atoms with Crippen molar-refractivity contribution in [1.29, 1.82) is 0 Å². The second-order valence-corrected chi connectivity index (χ2v) is 2.85. The first-order chi connectivity index (χ1) is 5.25. The minimum atomic E-state index is -0.216. The monoisotopic (exact) mass is 155 g/mol. The summed E-state index contributed by atoms with van der Waals surface area (Å²) in [4.78, 5) is 13.0. The molecule has 1 radical (unpaired) electrons. The van der Waals surface area contributed by atoms with Crippen LogP contribution >= 0.6 is 0 Å². The van der Waals surface area contributed by atoms with Crippen LogP contribution in [0.3, 0.4) is 0 Å². The average Bonchev–Trinajstić information content (AvgIpc) is 2.04. The number of primary amides is 1. The van der Waals surface area contributed by atoms with Crippen molar-refractivity contribution < 1.29 is 4.79 Å². The number of carbonyl (C=O) groups is 1. The summed E-state index contributed by atoms with van der Waals surface area (Å²) in [5.41, 5.74) is 5.22. The predicted octanol–water partition coefficient (Wildman–Crippen LogP) is 0.160. The van der Waals surface area contributed by atoms with E-state index in [9.17, 15) is 4.79 Å². The van der Waals surface area contributed by atoms with E-state index < -0.39 is 0 Å². The van der Waals surface area contributed by atoms with Crippen molar-refractivity contribution in [2.45, 2.75) is 25.8 Å². The molecular weight excluding hydrogens is 140 g/mol. The molecule has 0 aromatic heterocycles. The molecule has 11 heavy (non-hydrogen) atoms. The van der Waals surface area contributed by atoms with Crippen LogP contribution in [0.25, 0.3) is 0 Å². The Morgan fingerprint density at radius 3 is 3.00 bits per heavy atom. The van der Waals surface area contributed by atoms with Gasteiger partial charge in [-0.25, -0.2) is 0 Å². The van der Waals surface area contributed by atoms with Crippen molar-refractivity contribution in [2.75, 3.05) is 13.1 Å². The molecule has 0 unspecified atom stereocenters.